The van der Waals surface area contributed by atoms with E-state index in [-0.39, 0.29) is 6.61 Å². The van der Waals surface area contributed by atoms with Crippen LogP contribution in [0.1, 0.15) is 26.3 Å². The van der Waals surface area contributed by atoms with Crippen molar-refractivity contribution in [2.75, 3.05) is 26.7 Å². The molecule has 8 heteroatoms. The van der Waals surface area contributed by atoms with E-state index in [1.165, 1.54) is 32.8 Å². The summed E-state index contributed by atoms with van der Waals surface area (Å²) in [5.74, 6) is 0.565. The van der Waals surface area contributed by atoms with Crippen LogP contribution in [-0.2, 0) is 11.1 Å². The van der Waals surface area contributed by atoms with Crippen molar-refractivity contribution in [1.29, 1.82) is 0 Å². The highest BCUT2D eigenvalue weighted by Gasteiger charge is 2.09. The maximum Gasteiger partial charge on any atom is 0.336 e. The summed E-state index contributed by atoms with van der Waals surface area (Å²) in [5.41, 5.74) is 0.356. The third-order valence-electron chi connectivity index (χ3n) is 3.71. The molecule has 25 heavy (non-hydrogen) atoms. The van der Waals surface area contributed by atoms with Crippen LogP contribution in [0.3, 0.4) is 0 Å². The summed E-state index contributed by atoms with van der Waals surface area (Å²) in [6.45, 7) is 10.0. The highest BCUT2D eigenvalue weighted by molar-refractivity contribution is 7.39. The molecule has 1 aromatic heterocycles. The van der Waals surface area contributed by atoms with Crippen molar-refractivity contribution in [3.63, 3.8) is 0 Å². The molecule has 0 amide bonds. The van der Waals surface area contributed by atoms with Crippen molar-refractivity contribution < 1.29 is 23.5 Å². The average molecular weight is 371 g/mol. The topological polar surface area (TPSA) is 92.4 Å². The molecule has 0 aliphatic carbocycles. The molecule has 1 heterocycles. The van der Waals surface area contributed by atoms with E-state index >= 15 is 0 Å². The van der Waals surface area contributed by atoms with E-state index in [1.807, 2.05) is 0 Å². The fourth-order valence-electron chi connectivity index (χ4n) is 2.25. The van der Waals surface area contributed by atoms with Crippen molar-refractivity contribution in [3.8, 4) is 5.75 Å². The number of ether oxygens (including phenoxy) is 1. The highest BCUT2D eigenvalue weighted by Crippen LogP contribution is 2.29. The van der Waals surface area contributed by atoms with Crippen LogP contribution in [0, 0.1) is 0 Å². The molecule has 0 radical (unpaired) electrons. The summed E-state index contributed by atoms with van der Waals surface area (Å²) in [7, 11) is -0.945. The molecule has 7 nitrogen and oxygen atoms in total. The molecule has 0 aliphatic heterocycles. The standard InChI is InChI=1S/C11H11O6P.C6H15N/c1-15-8-2-3-9-7(6-16-18(13)14)4-11(12)17-10(9)5-8;1-4-7(5-2)6-3/h2-5,13-14H,6H2,1H3;4-6H2,1-3H3. The number of hydrogen-bond donors (Lipinski definition) is 2. The monoisotopic (exact) mass is 371 g/mol. The molecular weight excluding hydrogens is 345 g/mol. The average Bonchev–Trinajstić information content (AvgIpc) is 2.61. The van der Waals surface area contributed by atoms with Gasteiger partial charge in [-0.25, -0.2) is 4.79 Å². The molecule has 0 unspecified atom stereocenters. The first-order valence-electron chi connectivity index (χ1n) is 8.08. The molecule has 0 fully saturated rings. The Kier molecular flexibility index (Phi) is 9.63. The van der Waals surface area contributed by atoms with E-state index < -0.39 is 14.2 Å². The minimum Gasteiger partial charge on any atom is -0.497 e. The third kappa shape index (κ3) is 7.10. The third-order valence-corrected chi connectivity index (χ3v) is 4.07. The number of fused-ring (bicyclic) bond motifs is 1. The van der Waals surface area contributed by atoms with E-state index in [0.717, 1.165) is 0 Å². The molecule has 2 rings (SSSR count). The van der Waals surface area contributed by atoms with E-state index in [0.29, 0.717) is 22.3 Å². The molecule has 140 valence electrons. The van der Waals surface area contributed by atoms with Crippen LogP contribution in [0.15, 0.2) is 33.5 Å². The van der Waals surface area contributed by atoms with Crippen LogP contribution in [0.2, 0.25) is 0 Å². The van der Waals surface area contributed by atoms with Gasteiger partial charge in [-0.15, -0.1) is 0 Å². The molecule has 0 aliphatic rings. The predicted octanol–water partition coefficient (Wildman–Crippen LogP) is 2.88. The Hall–Kier alpha value is -1.50. The Morgan fingerprint density at radius 3 is 2.24 bits per heavy atom. The normalized spacial score (nSPS) is 10.9. The maximum absolute atomic E-state index is 11.4. The summed E-state index contributed by atoms with van der Waals surface area (Å²) in [4.78, 5) is 31.2. The summed E-state index contributed by atoms with van der Waals surface area (Å²) in [6.07, 6.45) is 0. The SMILES string of the molecule is CCN(CC)CC.COc1ccc2c(COP(O)O)cc(=O)oc2c1. The fraction of sp³-hybridized carbons (Fsp3) is 0.471. The Balaban J connectivity index is 0.000000381. The maximum atomic E-state index is 11.4. The molecule has 0 atom stereocenters. The van der Waals surface area contributed by atoms with Gasteiger partial charge in [0, 0.05) is 17.5 Å². The van der Waals surface area contributed by atoms with Crippen LogP contribution in [0.25, 0.3) is 11.0 Å². The van der Waals surface area contributed by atoms with Gasteiger partial charge in [0.2, 0.25) is 0 Å². The van der Waals surface area contributed by atoms with Crippen LogP contribution >= 0.6 is 8.60 Å². The number of nitrogens with zero attached hydrogens (tertiary/aromatic N) is 1. The van der Waals surface area contributed by atoms with Gasteiger partial charge in [0.25, 0.3) is 0 Å². The summed E-state index contributed by atoms with van der Waals surface area (Å²) < 4.78 is 14.8. The fourth-order valence-corrected chi connectivity index (χ4v) is 2.51. The highest BCUT2D eigenvalue weighted by atomic mass is 31.2. The zero-order chi connectivity index (χ0) is 18.8. The van der Waals surface area contributed by atoms with Crippen LogP contribution in [0.5, 0.6) is 5.75 Å². The van der Waals surface area contributed by atoms with Crippen molar-refractivity contribution in [1.82, 2.24) is 4.90 Å². The number of benzene rings is 1. The summed E-state index contributed by atoms with van der Waals surface area (Å²) in [6, 6.07) is 6.27. The van der Waals surface area contributed by atoms with Crippen LogP contribution in [0.4, 0.5) is 0 Å². The lowest BCUT2D eigenvalue weighted by molar-refractivity contribution is 0.246. The van der Waals surface area contributed by atoms with E-state index in [2.05, 4.69) is 25.7 Å². The molecule has 2 N–H and O–H groups in total. The minimum absolute atomic E-state index is 0.0763. The van der Waals surface area contributed by atoms with Crippen molar-refractivity contribution in [3.05, 3.63) is 40.2 Å². The number of hydrogen-bond acceptors (Lipinski definition) is 7. The quantitative estimate of drug-likeness (QED) is 0.571. The Bertz CT molecular complexity index is 694. The van der Waals surface area contributed by atoms with Crippen LogP contribution < -0.4 is 10.4 Å². The first-order valence-corrected chi connectivity index (χ1v) is 9.25. The largest absolute Gasteiger partial charge is 0.497 e. The van der Waals surface area contributed by atoms with Gasteiger partial charge in [0.05, 0.1) is 13.7 Å². The number of rotatable bonds is 7. The van der Waals surface area contributed by atoms with Gasteiger partial charge in [0.1, 0.15) is 11.3 Å². The first-order chi connectivity index (χ1) is 11.9. The van der Waals surface area contributed by atoms with Crippen molar-refractivity contribution in [2.24, 2.45) is 0 Å². The molecule has 1 aromatic carbocycles. The second kappa shape index (κ2) is 11.2. The van der Waals surface area contributed by atoms with Gasteiger partial charge in [-0.05, 0) is 37.3 Å². The van der Waals surface area contributed by atoms with Gasteiger partial charge >= 0.3 is 14.2 Å². The van der Waals surface area contributed by atoms with Crippen molar-refractivity contribution in [2.45, 2.75) is 27.4 Å². The first kappa shape index (κ1) is 21.5. The molecule has 0 spiro atoms. The second-order valence-electron chi connectivity index (χ2n) is 5.10. The lowest BCUT2D eigenvalue weighted by Crippen LogP contribution is -2.21. The molecule has 2 aromatic rings. The second-order valence-corrected chi connectivity index (χ2v) is 5.86. The van der Waals surface area contributed by atoms with Gasteiger partial charge in [0.15, 0.2) is 0 Å². The van der Waals surface area contributed by atoms with E-state index in [9.17, 15) is 4.79 Å². The zero-order valence-electron chi connectivity index (χ0n) is 15.1. The van der Waals surface area contributed by atoms with Gasteiger partial charge < -0.3 is 28.4 Å². The number of methoxy groups -OCH3 is 1. The lowest BCUT2D eigenvalue weighted by Gasteiger charge is -2.13. The van der Waals surface area contributed by atoms with Crippen LogP contribution in [-0.4, -0.2) is 41.4 Å². The smallest absolute Gasteiger partial charge is 0.336 e. The summed E-state index contributed by atoms with van der Waals surface area (Å²) in [5, 5.41) is 0.659. The minimum atomic E-state index is -2.46. The van der Waals surface area contributed by atoms with E-state index in [4.69, 9.17) is 23.5 Å². The summed E-state index contributed by atoms with van der Waals surface area (Å²) >= 11 is 0. The van der Waals surface area contributed by atoms with E-state index in [1.54, 1.807) is 18.2 Å². The van der Waals surface area contributed by atoms with Gasteiger partial charge in [-0.2, -0.15) is 0 Å². The molecule has 0 bridgehead atoms. The Morgan fingerprint density at radius 1 is 1.12 bits per heavy atom. The lowest BCUT2D eigenvalue weighted by atomic mass is 10.1. The molecule has 0 saturated heterocycles. The Morgan fingerprint density at radius 2 is 1.76 bits per heavy atom. The molecule has 0 saturated carbocycles. The molecular formula is C17H26NO6P. The van der Waals surface area contributed by atoms with Crippen molar-refractivity contribution >= 4 is 19.6 Å². The Labute approximate surface area is 148 Å². The predicted molar refractivity (Wildman–Crippen MR) is 98.6 cm³/mol. The zero-order valence-corrected chi connectivity index (χ0v) is 16.0. The van der Waals surface area contributed by atoms with Gasteiger partial charge in [-0.1, -0.05) is 20.8 Å². The van der Waals surface area contributed by atoms with Gasteiger partial charge in [-0.3, -0.25) is 0 Å².